The normalized spacial score (nSPS) is 11.8. The van der Waals surface area contributed by atoms with Crippen LogP contribution in [0.2, 0.25) is 0 Å². The molecule has 0 atom stereocenters. The maximum absolute atomic E-state index is 4.65. The summed E-state index contributed by atoms with van der Waals surface area (Å²) in [5, 5.41) is 5.53. The number of rotatable bonds is 6. The summed E-state index contributed by atoms with van der Waals surface area (Å²) in [6.45, 7) is 9.12. The van der Waals surface area contributed by atoms with Crippen LogP contribution in [0, 0.1) is 12.8 Å². The zero-order chi connectivity index (χ0) is 14.8. The van der Waals surface area contributed by atoms with Crippen molar-refractivity contribution in [3.8, 4) is 0 Å². The molecule has 0 unspecified atom stereocenters. The maximum atomic E-state index is 4.65. The van der Waals surface area contributed by atoms with E-state index < -0.39 is 0 Å². The van der Waals surface area contributed by atoms with Crippen molar-refractivity contribution in [3.05, 3.63) is 41.2 Å². The molecule has 3 heterocycles. The first-order chi connectivity index (χ1) is 10.1. The van der Waals surface area contributed by atoms with Gasteiger partial charge in [0.15, 0.2) is 4.96 Å². The van der Waals surface area contributed by atoms with Crippen LogP contribution in [-0.4, -0.2) is 25.5 Å². The summed E-state index contributed by atoms with van der Waals surface area (Å²) < 4.78 is 4.31. The van der Waals surface area contributed by atoms with E-state index in [1.165, 1.54) is 5.69 Å². The molecule has 3 aromatic heterocycles. The topological polar surface area (TPSA) is 47.2 Å². The monoisotopic (exact) mass is 303 g/mol. The van der Waals surface area contributed by atoms with E-state index >= 15 is 0 Å². The average molecular weight is 303 g/mol. The number of thiazole rings is 1. The molecule has 0 bridgehead atoms. The highest BCUT2D eigenvalue weighted by Crippen LogP contribution is 2.14. The molecule has 0 radical (unpaired) electrons. The predicted octanol–water partition coefficient (Wildman–Crippen LogP) is 2.69. The minimum atomic E-state index is 0.655. The zero-order valence-corrected chi connectivity index (χ0v) is 13.5. The Bertz CT molecular complexity index is 693. The molecule has 0 saturated heterocycles. The van der Waals surface area contributed by atoms with E-state index in [0.29, 0.717) is 5.92 Å². The smallest absolute Gasteiger partial charge is 0.193 e. The van der Waals surface area contributed by atoms with E-state index in [2.05, 4.69) is 49.7 Å². The lowest BCUT2D eigenvalue weighted by Gasteiger charge is -2.11. The molecular weight excluding hydrogens is 282 g/mol. The molecule has 1 N–H and O–H groups in total. The fourth-order valence-electron chi connectivity index (χ4n) is 2.38. The Morgan fingerprint density at radius 3 is 3.00 bits per heavy atom. The molecule has 0 aliphatic rings. The zero-order valence-electron chi connectivity index (χ0n) is 12.7. The fourth-order valence-corrected chi connectivity index (χ4v) is 3.09. The molecule has 3 rings (SSSR count). The van der Waals surface area contributed by atoms with Crippen molar-refractivity contribution < 1.29 is 0 Å². The molecular formula is C15H21N5S. The van der Waals surface area contributed by atoms with E-state index in [1.54, 1.807) is 11.3 Å². The predicted molar refractivity (Wildman–Crippen MR) is 85.7 cm³/mol. The SMILES string of the molecule is Cc1ncc(CNCC(C)C)n1Cc1cn2ccsc2n1. The summed E-state index contributed by atoms with van der Waals surface area (Å²) in [4.78, 5) is 10.1. The molecule has 112 valence electrons. The van der Waals surface area contributed by atoms with Gasteiger partial charge in [0.1, 0.15) is 5.82 Å². The second-order valence-electron chi connectivity index (χ2n) is 5.73. The fraction of sp³-hybridized carbons (Fsp3) is 0.467. The van der Waals surface area contributed by atoms with Crippen LogP contribution in [0.25, 0.3) is 4.96 Å². The van der Waals surface area contributed by atoms with Crippen molar-refractivity contribution in [2.45, 2.75) is 33.9 Å². The van der Waals surface area contributed by atoms with Gasteiger partial charge in [-0.3, -0.25) is 4.40 Å². The third-order valence-corrected chi connectivity index (χ3v) is 4.23. The first-order valence-electron chi connectivity index (χ1n) is 7.26. The second kappa shape index (κ2) is 5.99. The number of nitrogens with zero attached hydrogens (tertiary/aromatic N) is 4. The molecule has 5 nitrogen and oxygen atoms in total. The summed E-state index contributed by atoms with van der Waals surface area (Å²) in [6, 6.07) is 0. The Hall–Kier alpha value is -1.66. The van der Waals surface area contributed by atoms with Crippen LogP contribution >= 0.6 is 11.3 Å². The van der Waals surface area contributed by atoms with Gasteiger partial charge in [0.2, 0.25) is 0 Å². The molecule has 0 fully saturated rings. The molecule has 0 aliphatic heterocycles. The lowest BCUT2D eigenvalue weighted by atomic mass is 10.2. The number of hydrogen-bond donors (Lipinski definition) is 1. The Kier molecular flexibility index (Phi) is 4.07. The van der Waals surface area contributed by atoms with Crippen LogP contribution in [-0.2, 0) is 13.1 Å². The number of hydrogen-bond acceptors (Lipinski definition) is 4. The van der Waals surface area contributed by atoms with Crippen LogP contribution in [0.15, 0.2) is 24.0 Å². The number of aryl methyl sites for hydroxylation is 1. The van der Waals surface area contributed by atoms with Gasteiger partial charge < -0.3 is 9.88 Å². The van der Waals surface area contributed by atoms with Gasteiger partial charge in [0, 0.05) is 30.5 Å². The van der Waals surface area contributed by atoms with Crippen LogP contribution < -0.4 is 5.32 Å². The summed E-state index contributed by atoms with van der Waals surface area (Å²) in [6.07, 6.45) is 6.10. The van der Waals surface area contributed by atoms with Gasteiger partial charge in [0.25, 0.3) is 0 Å². The van der Waals surface area contributed by atoms with E-state index in [-0.39, 0.29) is 0 Å². The first kappa shape index (κ1) is 14.3. The molecule has 3 aromatic rings. The molecule has 0 amide bonds. The third-order valence-electron chi connectivity index (χ3n) is 3.46. The largest absolute Gasteiger partial charge is 0.325 e. The number of aromatic nitrogens is 4. The van der Waals surface area contributed by atoms with Gasteiger partial charge in [-0.25, -0.2) is 9.97 Å². The minimum absolute atomic E-state index is 0.655. The molecule has 6 heteroatoms. The van der Waals surface area contributed by atoms with Crippen molar-refractivity contribution in [1.82, 2.24) is 24.3 Å². The molecule has 0 spiro atoms. The number of fused-ring (bicyclic) bond motifs is 1. The van der Waals surface area contributed by atoms with Crippen LogP contribution in [0.4, 0.5) is 0 Å². The van der Waals surface area contributed by atoms with Crippen molar-refractivity contribution in [3.63, 3.8) is 0 Å². The second-order valence-corrected chi connectivity index (χ2v) is 6.61. The van der Waals surface area contributed by atoms with E-state index in [4.69, 9.17) is 0 Å². The Morgan fingerprint density at radius 2 is 2.24 bits per heavy atom. The van der Waals surface area contributed by atoms with Gasteiger partial charge in [-0.05, 0) is 19.4 Å². The van der Waals surface area contributed by atoms with Gasteiger partial charge >= 0.3 is 0 Å². The quantitative estimate of drug-likeness (QED) is 0.761. The Balaban J connectivity index is 1.74. The lowest BCUT2D eigenvalue weighted by molar-refractivity contribution is 0.537. The minimum Gasteiger partial charge on any atom is -0.325 e. The van der Waals surface area contributed by atoms with Crippen LogP contribution in [0.1, 0.15) is 31.1 Å². The summed E-state index contributed by atoms with van der Waals surface area (Å²) in [7, 11) is 0. The van der Waals surface area contributed by atoms with E-state index in [0.717, 1.165) is 36.1 Å². The van der Waals surface area contributed by atoms with Gasteiger partial charge in [0.05, 0.1) is 17.9 Å². The third kappa shape index (κ3) is 3.16. The van der Waals surface area contributed by atoms with Crippen LogP contribution in [0.3, 0.4) is 0 Å². The van der Waals surface area contributed by atoms with E-state index in [1.807, 2.05) is 19.3 Å². The van der Waals surface area contributed by atoms with Gasteiger partial charge in [-0.15, -0.1) is 11.3 Å². The standard InChI is InChI=1S/C15H21N5S/c1-11(2)6-16-7-14-8-17-12(3)20(14)10-13-9-19-4-5-21-15(19)18-13/h4-5,8-9,11,16H,6-7,10H2,1-3H3. The molecule has 21 heavy (non-hydrogen) atoms. The van der Waals surface area contributed by atoms with Crippen LogP contribution in [0.5, 0.6) is 0 Å². The summed E-state index contributed by atoms with van der Waals surface area (Å²) in [5.74, 6) is 1.69. The summed E-state index contributed by atoms with van der Waals surface area (Å²) >= 11 is 1.66. The number of imidazole rings is 2. The Morgan fingerprint density at radius 1 is 1.38 bits per heavy atom. The Labute approximate surface area is 128 Å². The van der Waals surface area contributed by atoms with Crippen molar-refractivity contribution in [1.29, 1.82) is 0 Å². The molecule has 0 aromatic carbocycles. The van der Waals surface area contributed by atoms with Crippen molar-refractivity contribution in [2.24, 2.45) is 5.92 Å². The van der Waals surface area contributed by atoms with Gasteiger partial charge in [-0.1, -0.05) is 13.8 Å². The summed E-state index contributed by atoms with van der Waals surface area (Å²) in [5.41, 5.74) is 2.29. The number of nitrogens with one attached hydrogen (secondary N) is 1. The van der Waals surface area contributed by atoms with E-state index in [9.17, 15) is 0 Å². The maximum Gasteiger partial charge on any atom is 0.193 e. The highest BCUT2D eigenvalue weighted by molar-refractivity contribution is 7.15. The first-order valence-corrected chi connectivity index (χ1v) is 8.14. The average Bonchev–Trinajstić information content (AvgIpc) is 3.08. The van der Waals surface area contributed by atoms with Crippen molar-refractivity contribution in [2.75, 3.05) is 6.54 Å². The molecule has 0 saturated carbocycles. The lowest BCUT2D eigenvalue weighted by Crippen LogP contribution is -2.21. The highest BCUT2D eigenvalue weighted by atomic mass is 32.1. The highest BCUT2D eigenvalue weighted by Gasteiger charge is 2.10. The molecule has 0 aliphatic carbocycles. The van der Waals surface area contributed by atoms with Crippen molar-refractivity contribution >= 4 is 16.3 Å². The van der Waals surface area contributed by atoms with Gasteiger partial charge in [-0.2, -0.15) is 0 Å².